The lowest BCUT2D eigenvalue weighted by Gasteiger charge is -2.34. The van der Waals surface area contributed by atoms with Gasteiger partial charge in [0.15, 0.2) is 5.43 Å². The van der Waals surface area contributed by atoms with Crippen LogP contribution in [0.25, 0.3) is 10.9 Å². The number of fused-ring (bicyclic) bond motifs is 1. The van der Waals surface area contributed by atoms with Crippen molar-refractivity contribution < 1.29 is 9.90 Å². The van der Waals surface area contributed by atoms with E-state index in [0.717, 1.165) is 19.3 Å². The SMILES string of the molecule is O=C(c1cc(=O)c2ccccc2[nH]1)N1CCCCC1CO. The van der Waals surface area contributed by atoms with E-state index in [0.29, 0.717) is 23.1 Å². The Morgan fingerprint density at radius 1 is 1.33 bits per heavy atom. The Labute approximate surface area is 122 Å². The van der Waals surface area contributed by atoms with Gasteiger partial charge in [0.2, 0.25) is 0 Å². The number of para-hydroxylation sites is 1. The smallest absolute Gasteiger partial charge is 0.270 e. The lowest BCUT2D eigenvalue weighted by Crippen LogP contribution is -2.46. The van der Waals surface area contributed by atoms with Gasteiger partial charge in [-0.15, -0.1) is 0 Å². The second kappa shape index (κ2) is 5.69. The van der Waals surface area contributed by atoms with Crippen molar-refractivity contribution in [1.82, 2.24) is 9.88 Å². The third kappa shape index (κ3) is 2.56. The number of pyridine rings is 1. The molecule has 1 aromatic heterocycles. The first kappa shape index (κ1) is 13.8. The predicted octanol–water partition coefficient (Wildman–Crippen LogP) is 1.52. The standard InChI is InChI=1S/C16H18N2O3/c19-10-11-5-3-4-8-18(11)16(21)14-9-15(20)12-6-1-2-7-13(12)17-14/h1-2,6-7,9,11,19H,3-5,8,10H2,(H,17,20). The molecule has 5 heteroatoms. The van der Waals surface area contributed by atoms with E-state index in [9.17, 15) is 14.7 Å². The van der Waals surface area contributed by atoms with E-state index in [1.54, 1.807) is 23.1 Å². The van der Waals surface area contributed by atoms with Gasteiger partial charge in [-0.2, -0.15) is 0 Å². The number of aromatic amines is 1. The molecular formula is C16H18N2O3. The van der Waals surface area contributed by atoms with Gasteiger partial charge < -0.3 is 15.0 Å². The molecule has 0 radical (unpaired) electrons. The molecule has 1 aromatic carbocycles. The van der Waals surface area contributed by atoms with Crippen LogP contribution in [-0.4, -0.2) is 40.1 Å². The maximum absolute atomic E-state index is 12.6. The number of hydrogen-bond acceptors (Lipinski definition) is 3. The molecule has 2 N–H and O–H groups in total. The number of carbonyl (C=O) groups excluding carboxylic acids is 1. The van der Waals surface area contributed by atoms with Crippen LogP contribution in [0.5, 0.6) is 0 Å². The molecule has 2 heterocycles. The van der Waals surface area contributed by atoms with Crippen molar-refractivity contribution >= 4 is 16.8 Å². The molecule has 1 unspecified atom stereocenters. The monoisotopic (exact) mass is 286 g/mol. The fraction of sp³-hybridized carbons (Fsp3) is 0.375. The number of aliphatic hydroxyl groups is 1. The van der Waals surface area contributed by atoms with Crippen LogP contribution in [0.15, 0.2) is 35.1 Å². The molecule has 2 aromatic rings. The molecular weight excluding hydrogens is 268 g/mol. The summed E-state index contributed by atoms with van der Waals surface area (Å²) in [6.45, 7) is 0.586. The predicted molar refractivity (Wildman–Crippen MR) is 80.3 cm³/mol. The van der Waals surface area contributed by atoms with Crippen LogP contribution in [0, 0.1) is 0 Å². The molecule has 5 nitrogen and oxygen atoms in total. The van der Waals surface area contributed by atoms with E-state index in [1.807, 2.05) is 6.07 Å². The van der Waals surface area contributed by atoms with Gasteiger partial charge in [-0.1, -0.05) is 12.1 Å². The highest BCUT2D eigenvalue weighted by molar-refractivity contribution is 5.95. The maximum Gasteiger partial charge on any atom is 0.270 e. The normalized spacial score (nSPS) is 18.9. The van der Waals surface area contributed by atoms with Crippen molar-refractivity contribution in [1.29, 1.82) is 0 Å². The lowest BCUT2D eigenvalue weighted by atomic mass is 10.0. The van der Waals surface area contributed by atoms with Gasteiger partial charge >= 0.3 is 0 Å². The number of carbonyl (C=O) groups is 1. The van der Waals surface area contributed by atoms with Gasteiger partial charge in [-0.25, -0.2) is 0 Å². The molecule has 1 saturated heterocycles. The topological polar surface area (TPSA) is 73.4 Å². The van der Waals surface area contributed by atoms with Crippen LogP contribution in [0.3, 0.4) is 0 Å². The molecule has 0 spiro atoms. The number of rotatable bonds is 2. The van der Waals surface area contributed by atoms with Crippen molar-refractivity contribution in [3.63, 3.8) is 0 Å². The Morgan fingerprint density at radius 2 is 2.14 bits per heavy atom. The summed E-state index contributed by atoms with van der Waals surface area (Å²) in [5, 5.41) is 9.99. The van der Waals surface area contributed by atoms with Gasteiger partial charge in [0.1, 0.15) is 5.69 Å². The molecule has 110 valence electrons. The van der Waals surface area contributed by atoms with Crippen LogP contribution in [-0.2, 0) is 0 Å². The van der Waals surface area contributed by atoms with Crippen molar-refractivity contribution in [2.24, 2.45) is 0 Å². The van der Waals surface area contributed by atoms with Gasteiger partial charge in [0.05, 0.1) is 12.6 Å². The summed E-state index contributed by atoms with van der Waals surface area (Å²) in [7, 11) is 0. The summed E-state index contributed by atoms with van der Waals surface area (Å²) in [6.07, 6.45) is 2.75. The highest BCUT2D eigenvalue weighted by atomic mass is 16.3. The molecule has 1 atom stereocenters. The fourth-order valence-corrected chi connectivity index (χ4v) is 2.92. The minimum Gasteiger partial charge on any atom is -0.394 e. The largest absolute Gasteiger partial charge is 0.394 e. The van der Waals surface area contributed by atoms with Crippen LogP contribution in [0.4, 0.5) is 0 Å². The lowest BCUT2D eigenvalue weighted by molar-refractivity contribution is 0.0497. The molecule has 3 rings (SSSR count). The van der Waals surface area contributed by atoms with Crippen LogP contribution in [0.2, 0.25) is 0 Å². The van der Waals surface area contributed by atoms with Crippen molar-refractivity contribution in [3.8, 4) is 0 Å². The molecule has 1 amide bonds. The molecule has 0 aliphatic carbocycles. The molecule has 21 heavy (non-hydrogen) atoms. The Balaban J connectivity index is 1.99. The van der Waals surface area contributed by atoms with Gasteiger partial charge in [-0.3, -0.25) is 9.59 Å². The number of nitrogens with zero attached hydrogens (tertiary/aromatic N) is 1. The maximum atomic E-state index is 12.6. The first-order chi connectivity index (χ1) is 10.2. The van der Waals surface area contributed by atoms with E-state index in [-0.39, 0.29) is 24.0 Å². The highest BCUT2D eigenvalue weighted by Gasteiger charge is 2.27. The number of nitrogens with one attached hydrogen (secondary N) is 1. The van der Waals surface area contributed by atoms with E-state index >= 15 is 0 Å². The number of H-pyrrole nitrogens is 1. The average Bonchev–Trinajstić information content (AvgIpc) is 2.54. The number of amides is 1. The molecule has 1 aliphatic rings. The molecule has 1 aliphatic heterocycles. The number of aromatic nitrogens is 1. The summed E-state index contributed by atoms with van der Waals surface area (Å²) in [5.74, 6) is -0.211. The minimum absolute atomic E-state index is 0.0381. The number of likely N-dealkylation sites (tertiary alicyclic amines) is 1. The summed E-state index contributed by atoms with van der Waals surface area (Å²) in [4.78, 5) is 29.4. The minimum atomic E-state index is -0.211. The van der Waals surface area contributed by atoms with Crippen LogP contribution in [0.1, 0.15) is 29.8 Å². The van der Waals surface area contributed by atoms with Crippen molar-refractivity contribution in [2.45, 2.75) is 25.3 Å². The summed E-state index contributed by atoms with van der Waals surface area (Å²) >= 11 is 0. The fourth-order valence-electron chi connectivity index (χ4n) is 2.92. The van der Waals surface area contributed by atoms with Gasteiger partial charge in [0.25, 0.3) is 5.91 Å². The summed E-state index contributed by atoms with van der Waals surface area (Å²) in [6, 6.07) is 8.34. The van der Waals surface area contributed by atoms with Crippen LogP contribution < -0.4 is 5.43 Å². The van der Waals surface area contributed by atoms with Crippen molar-refractivity contribution in [2.75, 3.05) is 13.2 Å². The molecule has 0 saturated carbocycles. The number of piperidine rings is 1. The Bertz CT molecular complexity index is 723. The first-order valence-electron chi connectivity index (χ1n) is 7.24. The molecule has 0 bridgehead atoms. The zero-order valence-electron chi connectivity index (χ0n) is 11.7. The quantitative estimate of drug-likeness (QED) is 0.879. The highest BCUT2D eigenvalue weighted by Crippen LogP contribution is 2.19. The number of hydrogen-bond donors (Lipinski definition) is 2. The van der Waals surface area contributed by atoms with Gasteiger partial charge in [0, 0.05) is 23.5 Å². The van der Waals surface area contributed by atoms with E-state index in [2.05, 4.69) is 4.98 Å². The second-order valence-electron chi connectivity index (χ2n) is 5.42. The van der Waals surface area contributed by atoms with E-state index in [1.165, 1.54) is 6.07 Å². The Morgan fingerprint density at radius 3 is 2.95 bits per heavy atom. The zero-order chi connectivity index (χ0) is 14.8. The van der Waals surface area contributed by atoms with E-state index in [4.69, 9.17) is 0 Å². The third-order valence-corrected chi connectivity index (χ3v) is 4.07. The van der Waals surface area contributed by atoms with E-state index < -0.39 is 0 Å². The number of aliphatic hydroxyl groups excluding tert-OH is 1. The van der Waals surface area contributed by atoms with Gasteiger partial charge in [-0.05, 0) is 31.4 Å². The Hall–Kier alpha value is -2.14. The molecule has 1 fully saturated rings. The summed E-state index contributed by atoms with van der Waals surface area (Å²) in [5.41, 5.74) is 0.787. The average molecular weight is 286 g/mol. The van der Waals surface area contributed by atoms with Crippen molar-refractivity contribution in [3.05, 3.63) is 46.2 Å². The first-order valence-corrected chi connectivity index (χ1v) is 7.24. The Kier molecular flexibility index (Phi) is 3.75. The van der Waals surface area contributed by atoms with Crippen LogP contribution >= 0.6 is 0 Å². The number of benzene rings is 1. The third-order valence-electron chi connectivity index (χ3n) is 4.07. The summed E-state index contributed by atoms with van der Waals surface area (Å²) < 4.78 is 0. The second-order valence-corrected chi connectivity index (χ2v) is 5.42. The zero-order valence-corrected chi connectivity index (χ0v) is 11.7.